The predicted octanol–water partition coefficient (Wildman–Crippen LogP) is 2.06. The number of carbonyl (C=O) groups excluding carboxylic acids is 1. The highest BCUT2D eigenvalue weighted by Gasteiger charge is 1.91. The van der Waals surface area contributed by atoms with Crippen LogP contribution >= 0.6 is 0 Å². The van der Waals surface area contributed by atoms with Crippen molar-refractivity contribution in [2.24, 2.45) is 0 Å². The molecule has 0 N–H and O–H groups in total. The molecule has 0 fully saturated rings. The summed E-state index contributed by atoms with van der Waals surface area (Å²) >= 11 is 0. The van der Waals surface area contributed by atoms with Gasteiger partial charge >= 0.3 is 0 Å². The van der Waals surface area contributed by atoms with Crippen LogP contribution < -0.4 is 0 Å². The summed E-state index contributed by atoms with van der Waals surface area (Å²) in [5, 5.41) is 0. The molecule has 0 heterocycles. The SMILES string of the molecule is CC#CCc1cccc(C=O)c1. The second kappa shape index (κ2) is 4.35. The molecule has 1 nitrogen and oxygen atoms in total. The van der Waals surface area contributed by atoms with Gasteiger partial charge in [0.25, 0.3) is 0 Å². The normalized spacial score (nSPS) is 8.42. The molecule has 1 aromatic rings. The van der Waals surface area contributed by atoms with Gasteiger partial charge in [-0.1, -0.05) is 24.1 Å². The summed E-state index contributed by atoms with van der Waals surface area (Å²) in [6.45, 7) is 1.81. The third-order valence-corrected chi connectivity index (χ3v) is 1.56. The third-order valence-electron chi connectivity index (χ3n) is 1.56. The van der Waals surface area contributed by atoms with Gasteiger partial charge in [0.15, 0.2) is 0 Å². The van der Waals surface area contributed by atoms with Crippen LogP contribution in [-0.2, 0) is 6.42 Å². The summed E-state index contributed by atoms with van der Waals surface area (Å²) in [6, 6.07) is 7.49. The van der Waals surface area contributed by atoms with Crippen LogP contribution in [-0.4, -0.2) is 6.29 Å². The molecule has 0 spiro atoms. The molecular formula is C11H10O. The summed E-state index contributed by atoms with van der Waals surface area (Å²) in [6.07, 6.45) is 1.57. The molecule has 0 aliphatic heterocycles. The predicted molar refractivity (Wildman–Crippen MR) is 49.0 cm³/mol. The molecule has 0 saturated heterocycles. The molecule has 0 atom stereocenters. The lowest BCUT2D eigenvalue weighted by molar-refractivity contribution is 0.112. The van der Waals surface area contributed by atoms with E-state index in [0.29, 0.717) is 5.56 Å². The van der Waals surface area contributed by atoms with Crippen LogP contribution in [0.5, 0.6) is 0 Å². The van der Waals surface area contributed by atoms with Gasteiger partial charge in [0.05, 0.1) is 0 Å². The first kappa shape index (κ1) is 8.55. The fraction of sp³-hybridized carbons (Fsp3) is 0.182. The summed E-state index contributed by atoms with van der Waals surface area (Å²) in [5.74, 6) is 5.77. The zero-order chi connectivity index (χ0) is 8.81. The van der Waals surface area contributed by atoms with Crippen molar-refractivity contribution in [2.45, 2.75) is 13.3 Å². The smallest absolute Gasteiger partial charge is 0.150 e. The Kier molecular flexibility index (Phi) is 3.10. The van der Waals surface area contributed by atoms with Crippen LogP contribution in [0.2, 0.25) is 0 Å². The van der Waals surface area contributed by atoms with Crippen LogP contribution in [0.4, 0.5) is 0 Å². The quantitative estimate of drug-likeness (QED) is 0.475. The maximum absolute atomic E-state index is 10.4. The number of hydrogen-bond donors (Lipinski definition) is 0. The second-order valence-electron chi connectivity index (χ2n) is 2.47. The van der Waals surface area contributed by atoms with Gasteiger partial charge in [-0.25, -0.2) is 0 Å². The van der Waals surface area contributed by atoms with Gasteiger partial charge in [-0.05, 0) is 18.6 Å². The van der Waals surface area contributed by atoms with E-state index in [-0.39, 0.29) is 0 Å². The lowest BCUT2D eigenvalue weighted by Crippen LogP contribution is -1.84. The summed E-state index contributed by atoms with van der Waals surface area (Å²) in [4.78, 5) is 10.4. The van der Waals surface area contributed by atoms with Crippen LogP contribution in [0.15, 0.2) is 24.3 Å². The van der Waals surface area contributed by atoms with Gasteiger partial charge in [-0.15, -0.1) is 5.92 Å². The van der Waals surface area contributed by atoms with Crippen LogP contribution in [0.3, 0.4) is 0 Å². The van der Waals surface area contributed by atoms with E-state index in [2.05, 4.69) is 11.8 Å². The fourth-order valence-electron chi connectivity index (χ4n) is 0.967. The van der Waals surface area contributed by atoms with E-state index in [1.165, 1.54) is 0 Å². The van der Waals surface area contributed by atoms with Crippen LogP contribution in [0.25, 0.3) is 0 Å². The Morgan fingerprint density at radius 3 is 3.00 bits per heavy atom. The molecule has 0 bridgehead atoms. The lowest BCUT2D eigenvalue weighted by Gasteiger charge is -1.94. The number of hydrogen-bond acceptors (Lipinski definition) is 1. The number of rotatable bonds is 2. The van der Waals surface area contributed by atoms with E-state index in [9.17, 15) is 4.79 Å². The Morgan fingerprint density at radius 2 is 2.33 bits per heavy atom. The average molecular weight is 158 g/mol. The van der Waals surface area contributed by atoms with Crippen LogP contribution in [0.1, 0.15) is 22.8 Å². The second-order valence-corrected chi connectivity index (χ2v) is 2.47. The zero-order valence-corrected chi connectivity index (χ0v) is 7.00. The molecule has 0 unspecified atom stereocenters. The molecule has 12 heavy (non-hydrogen) atoms. The van der Waals surface area contributed by atoms with Gasteiger partial charge in [0.1, 0.15) is 6.29 Å². The molecule has 0 saturated carbocycles. The minimum Gasteiger partial charge on any atom is -0.298 e. The molecule has 0 radical (unpaired) electrons. The van der Waals surface area contributed by atoms with E-state index in [1.807, 2.05) is 25.1 Å². The largest absolute Gasteiger partial charge is 0.298 e. The number of carbonyl (C=O) groups is 1. The number of aldehydes is 1. The van der Waals surface area contributed by atoms with E-state index >= 15 is 0 Å². The molecule has 0 aliphatic carbocycles. The third kappa shape index (κ3) is 2.25. The van der Waals surface area contributed by atoms with Gasteiger partial charge in [-0.2, -0.15) is 0 Å². The average Bonchev–Trinajstić information content (AvgIpc) is 2.15. The van der Waals surface area contributed by atoms with Crippen molar-refractivity contribution in [3.05, 3.63) is 35.4 Å². The van der Waals surface area contributed by atoms with Crippen molar-refractivity contribution in [1.29, 1.82) is 0 Å². The van der Waals surface area contributed by atoms with Crippen LogP contribution in [0, 0.1) is 11.8 Å². The molecule has 0 aromatic heterocycles. The highest BCUT2D eigenvalue weighted by atomic mass is 16.1. The Balaban J connectivity index is 2.83. The van der Waals surface area contributed by atoms with Crippen molar-refractivity contribution in [3.63, 3.8) is 0 Å². The van der Waals surface area contributed by atoms with Gasteiger partial charge < -0.3 is 0 Å². The molecule has 0 aliphatic rings. The van der Waals surface area contributed by atoms with E-state index < -0.39 is 0 Å². The molecule has 1 aromatic carbocycles. The maximum Gasteiger partial charge on any atom is 0.150 e. The molecular weight excluding hydrogens is 148 g/mol. The van der Waals surface area contributed by atoms with E-state index in [0.717, 1.165) is 18.3 Å². The molecule has 1 heteroatoms. The lowest BCUT2D eigenvalue weighted by atomic mass is 10.1. The Bertz CT molecular complexity index is 328. The van der Waals surface area contributed by atoms with Gasteiger partial charge in [0.2, 0.25) is 0 Å². The van der Waals surface area contributed by atoms with Crippen molar-refractivity contribution >= 4 is 6.29 Å². The highest BCUT2D eigenvalue weighted by Crippen LogP contribution is 2.03. The van der Waals surface area contributed by atoms with Crippen molar-refractivity contribution in [2.75, 3.05) is 0 Å². The van der Waals surface area contributed by atoms with E-state index in [1.54, 1.807) is 6.07 Å². The first-order valence-corrected chi connectivity index (χ1v) is 3.80. The monoisotopic (exact) mass is 158 g/mol. The van der Waals surface area contributed by atoms with Crippen molar-refractivity contribution in [1.82, 2.24) is 0 Å². The Morgan fingerprint density at radius 1 is 1.50 bits per heavy atom. The maximum atomic E-state index is 10.4. The fourth-order valence-corrected chi connectivity index (χ4v) is 0.967. The minimum absolute atomic E-state index is 0.713. The van der Waals surface area contributed by atoms with Crippen molar-refractivity contribution in [3.8, 4) is 11.8 Å². The summed E-state index contributed by atoms with van der Waals surface area (Å²) in [7, 11) is 0. The van der Waals surface area contributed by atoms with Gasteiger partial charge in [-0.3, -0.25) is 4.79 Å². The standard InChI is InChI=1S/C11H10O/c1-2-3-5-10-6-4-7-11(8-10)9-12/h4,6-9H,5H2,1H3. The number of benzene rings is 1. The topological polar surface area (TPSA) is 17.1 Å². The summed E-state index contributed by atoms with van der Waals surface area (Å²) < 4.78 is 0. The summed E-state index contributed by atoms with van der Waals surface area (Å²) in [5.41, 5.74) is 1.80. The first-order valence-electron chi connectivity index (χ1n) is 3.80. The molecule has 0 amide bonds. The Labute approximate surface area is 72.4 Å². The van der Waals surface area contributed by atoms with Gasteiger partial charge in [0, 0.05) is 12.0 Å². The zero-order valence-electron chi connectivity index (χ0n) is 7.00. The highest BCUT2D eigenvalue weighted by molar-refractivity contribution is 5.74. The Hall–Kier alpha value is -1.55. The molecule has 60 valence electrons. The van der Waals surface area contributed by atoms with Crippen molar-refractivity contribution < 1.29 is 4.79 Å². The first-order chi connectivity index (χ1) is 5.86. The molecule has 1 rings (SSSR count). The minimum atomic E-state index is 0.713. The van der Waals surface area contributed by atoms with E-state index in [4.69, 9.17) is 0 Å².